The summed E-state index contributed by atoms with van der Waals surface area (Å²) in [6.07, 6.45) is 1.43. The zero-order valence-electron chi connectivity index (χ0n) is 21.0. The number of fused-ring (bicyclic) bond motifs is 1. The molecular weight excluding hydrogens is 494 g/mol. The van der Waals surface area contributed by atoms with Crippen molar-refractivity contribution in [1.29, 1.82) is 0 Å². The van der Waals surface area contributed by atoms with Crippen LogP contribution in [0.4, 0.5) is 0 Å². The second-order valence-corrected chi connectivity index (χ2v) is 9.68. The van der Waals surface area contributed by atoms with Crippen molar-refractivity contribution in [2.75, 3.05) is 40.0 Å². The van der Waals surface area contributed by atoms with Gasteiger partial charge in [-0.3, -0.25) is 19.3 Å². The van der Waals surface area contributed by atoms with Gasteiger partial charge in [-0.1, -0.05) is 29.8 Å². The predicted octanol–water partition coefficient (Wildman–Crippen LogP) is 3.17. The van der Waals surface area contributed by atoms with Crippen LogP contribution in [0.25, 0.3) is 10.9 Å². The van der Waals surface area contributed by atoms with Crippen molar-refractivity contribution >= 4 is 34.2 Å². The molecule has 3 aromatic rings. The molecule has 1 amide bonds. The normalized spacial score (nSPS) is 14.4. The van der Waals surface area contributed by atoms with Gasteiger partial charge < -0.3 is 19.8 Å². The molecule has 9 heteroatoms. The highest BCUT2D eigenvalue weighted by Gasteiger charge is 2.22. The van der Waals surface area contributed by atoms with Gasteiger partial charge in [0.15, 0.2) is 0 Å². The lowest BCUT2D eigenvalue weighted by molar-refractivity contribution is -0.121. The van der Waals surface area contributed by atoms with Crippen LogP contribution in [0.3, 0.4) is 0 Å². The number of nitrogens with zero attached hydrogens (tertiary/aromatic N) is 2. The fraction of sp³-hybridized carbons (Fsp3) is 0.393. The summed E-state index contributed by atoms with van der Waals surface area (Å²) >= 11 is 6.06. The molecule has 2 heterocycles. The number of nitrogens with two attached hydrogens (primary N) is 1. The molecule has 0 saturated carbocycles. The van der Waals surface area contributed by atoms with E-state index >= 15 is 0 Å². The van der Waals surface area contributed by atoms with Crippen molar-refractivity contribution in [2.45, 2.75) is 32.4 Å². The maximum Gasteiger partial charge on any atom is 0.254 e. The minimum absolute atomic E-state index is 0.0138. The molecule has 4 rings (SSSR count). The largest absolute Gasteiger partial charge is 0.382 e. The number of halogens is 1. The molecule has 1 fully saturated rings. The van der Waals surface area contributed by atoms with Gasteiger partial charge in [-0.2, -0.15) is 0 Å². The van der Waals surface area contributed by atoms with E-state index in [1.54, 1.807) is 19.2 Å². The van der Waals surface area contributed by atoms with Crippen LogP contribution in [0.1, 0.15) is 40.0 Å². The van der Waals surface area contributed by atoms with Gasteiger partial charge in [0.2, 0.25) is 5.43 Å². The molecule has 0 unspecified atom stereocenters. The number of methoxy groups -OCH3 is 1. The van der Waals surface area contributed by atoms with E-state index in [1.807, 2.05) is 34.9 Å². The van der Waals surface area contributed by atoms with Crippen LogP contribution in [-0.4, -0.2) is 61.2 Å². The molecule has 0 atom stereocenters. The summed E-state index contributed by atoms with van der Waals surface area (Å²) in [6, 6.07) is 13.1. The number of rotatable bonds is 11. The Bertz CT molecular complexity index is 1330. The van der Waals surface area contributed by atoms with E-state index in [9.17, 15) is 14.4 Å². The van der Waals surface area contributed by atoms with Crippen LogP contribution in [-0.2, 0) is 33.8 Å². The second kappa shape index (κ2) is 12.5. The summed E-state index contributed by atoms with van der Waals surface area (Å²) in [5.41, 5.74) is 8.50. The predicted molar refractivity (Wildman–Crippen MR) is 143 cm³/mol. The lowest BCUT2D eigenvalue weighted by Crippen LogP contribution is -2.33. The number of hydrogen-bond acceptors (Lipinski definition) is 6. The van der Waals surface area contributed by atoms with Gasteiger partial charge in [-0.05, 0) is 35.4 Å². The summed E-state index contributed by atoms with van der Waals surface area (Å²) in [4.78, 5) is 40.1. The van der Waals surface area contributed by atoms with E-state index in [2.05, 4.69) is 4.90 Å². The number of carbonyl (C=O) groups excluding carboxylic acids is 2. The van der Waals surface area contributed by atoms with Crippen molar-refractivity contribution in [3.05, 3.63) is 80.1 Å². The highest BCUT2D eigenvalue weighted by atomic mass is 35.5. The first kappa shape index (κ1) is 27.0. The van der Waals surface area contributed by atoms with Crippen molar-refractivity contribution in [3.63, 3.8) is 0 Å². The van der Waals surface area contributed by atoms with E-state index in [-0.39, 0.29) is 16.8 Å². The summed E-state index contributed by atoms with van der Waals surface area (Å²) in [5.74, 6) is -0.477. The summed E-state index contributed by atoms with van der Waals surface area (Å²) in [6.45, 7) is 3.74. The number of likely N-dealkylation sites (tertiary alicyclic amines) is 1. The fourth-order valence-electron chi connectivity index (χ4n) is 4.75. The van der Waals surface area contributed by atoms with Crippen molar-refractivity contribution in [3.8, 4) is 0 Å². The van der Waals surface area contributed by atoms with Gasteiger partial charge in [0.25, 0.3) is 5.91 Å². The van der Waals surface area contributed by atoms with Gasteiger partial charge in [0, 0.05) is 68.7 Å². The molecule has 2 aromatic carbocycles. The molecule has 0 aliphatic carbocycles. The van der Waals surface area contributed by atoms with Gasteiger partial charge in [0.1, 0.15) is 11.3 Å². The summed E-state index contributed by atoms with van der Waals surface area (Å²) in [7, 11) is 1.61. The molecule has 1 aliphatic rings. The van der Waals surface area contributed by atoms with Crippen LogP contribution in [0.15, 0.2) is 47.3 Å². The summed E-state index contributed by atoms with van der Waals surface area (Å²) < 4.78 is 12.7. The van der Waals surface area contributed by atoms with Crippen LogP contribution in [0, 0.1) is 0 Å². The van der Waals surface area contributed by atoms with Gasteiger partial charge >= 0.3 is 0 Å². The Labute approximate surface area is 220 Å². The molecular formula is C28H32ClN3O5. The topological polar surface area (TPSA) is 104 Å². The fourth-order valence-corrected chi connectivity index (χ4v) is 4.88. The van der Waals surface area contributed by atoms with E-state index in [1.165, 1.54) is 0 Å². The Morgan fingerprint density at radius 1 is 1.00 bits per heavy atom. The standard InChI is InChI=1S/C28H32ClN3O5/c1-36-14-15-37-13-12-32-24-7-4-20(18-31-10-8-22(33)9-11-31)16-23(24)27(34)26(28(30)35)25(32)17-19-2-5-21(29)6-3-19/h2-7,16H,8-15,17-18H2,1H3,(H2,30,35). The molecule has 196 valence electrons. The molecule has 1 aromatic heterocycles. The number of primary amides is 1. The van der Waals surface area contributed by atoms with Crippen molar-refractivity contribution in [2.24, 2.45) is 5.73 Å². The zero-order chi connectivity index (χ0) is 26.4. The first-order chi connectivity index (χ1) is 17.9. The monoisotopic (exact) mass is 525 g/mol. The Hall–Kier alpha value is -3.04. The number of amides is 1. The molecule has 0 bridgehead atoms. The smallest absolute Gasteiger partial charge is 0.254 e. The van der Waals surface area contributed by atoms with Crippen LogP contribution in [0.5, 0.6) is 0 Å². The number of ketones is 1. The molecule has 37 heavy (non-hydrogen) atoms. The van der Waals surface area contributed by atoms with E-state index < -0.39 is 5.91 Å². The van der Waals surface area contributed by atoms with E-state index in [4.69, 9.17) is 26.8 Å². The van der Waals surface area contributed by atoms with Crippen LogP contribution < -0.4 is 11.2 Å². The number of benzene rings is 2. The second-order valence-electron chi connectivity index (χ2n) is 9.24. The number of piperidine rings is 1. The average molecular weight is 526 g/mol. The van der Waals surface area contributed by atoms with Gasteiger partial charge in [-0.25, -0.2) is 0 Å². The van der Waals surface area contributed by atoms with Gasteiger partial charge in [-0.15, -0.1) is 0 Å². The Morgan fingerprint density at radius 2 is 1.70 bits per heavy atom. The molecule has 2 N–H and O–H groups in total. The first-order valence-corrected chi connectivity index (χ1v) is 12.8. The number of carbonyl (C=O) groups is 2. The summed E-state index contributed by atoms with van der Waals surface area (Å²) in [5, 5.41) is 1.04. The number of ether oxygens (including phenoxy) is 2. The average Bonchev–Trinajstić information content (AvgIpc) is 2.88. The molecule has 0 radical (unpaired) electrons. The van der Waals surface area contributed by atoms with Crippen molar-refractivity contribution in [1.82, 2.24) is 9.47 Å². The van der Waals surface area contributed by atoms with Crippen LogP contribution in [0.2, 0.25) is 5.02 Å². The minimum atomic E-state index is -0.759. The third-order valence-electron chi connectivity index (χ3n) is 6.68. The quantitative estimate of drug-likeness (QED) is 0.386. The molecule has 1 saturated heterocycles. The zero-order valence-corrected chi connectivity index (χ0v) is 21.8. The lowest BCUT2D eigenvalue weighted by Gasteiger charge is -2.26. The lowest BCUT2D eigenvalue weighted by atomic mass is 9.99. The number of pyridine rings is 1. The third kappa shape index (κ3) is 6.64. The highest BCUT2D eigenvalue weighted by Crippen LogP contribution is 2.23. The molecule has 8 nitrogen and oxygen atoms in total. The SMILES string of the molecule is COCCOCCn1c(Cc2ccc(Cl)cc2)c(C(N)=O)c(=O)c2cc(CN3CCC(=O)CC3)ccc21. The minimum Gasteiger partial charge on any atom is -0.382 e. The maximum atomic E-state index is 13.6. The van der Waals surface area contributed by atoms with E-state index in [0.717, 1.165) is 11.1 Å². The number of Topliss-reactive ketones (excluding diaryl/α,β-unsaturated/α-hetero) is 1. The highest BCUT2D eigenvalue weighted by molar-refractivity contribution is 6.30. The van der Waals surface area contributed by atoms with Crippen LogP contribution >= 0.6 is 11.6 Å². The Balaban J connectivity index is 1.77. The Kier molecular flexibility index (Phi) is 9.10. The van der Waals surface area contributed by atoms with Gasteiger partial charge in [0.05, 0.1) is 25.3 Å². The molecule has 0 spiro atoms. The molecule has 1 aliphatic heterocycles. The number of aromatic nitrogens is 1. The third-order valence-corrected chi connectivity index (χ3v) is 6.93. The van der Waals surface area contributed by atoms with E-state index in [0.29, 0.717) is 86.9 Å². The first-order valence-electron chi connectivity index (χ1n) is 12.4. The number of hydrogen-bond donors (Lipinski definition) is 1. The Morgan fingerprint density at radius 3 is 2.38 bits per heavy atom. The van der Waals surface area contributed by atoms with Crippen molar-refractivity contribution < 1.29 is 19.1 Å². The maximum absolute atomic E-state index is 13.6.